The van der Waals surface area contributed by atoms with Crippen molar-refractivity contribution < 1.29 is 4.74 Å². The van der Waals surface area contributed by atoms with Gasteiger partial charge in [-0.2, -0.15) is 0 Å². The number of rotatable bonds is 5. The first kappa shape index (κ1) is 15.2. The first-order valence-corrected chi connectivity index (χ1v) is 7.48. The Kier molecular flexibility index (Phi) is 5.31. The number of hydrogen-bond donors (Lipinski definition) is 2. The molecule has 112 valence electrons. The predicted molar refractivity (Wildman–Crippen MR) is 78.9 cm³/mol. The van der Waals surface area contributed by atoms with E-state index >= 15 is 0 Å². The molecule has 1 atom stereocenters. The Morgan fingerprint density at radius 3 is 2.30 bits per heavy atom. The van der Waals surface area contributed by atoms with Crippen LogP contribution in [0.5, 0.6) is 5.88 Å². The highest BCUT2D eigenvalue weighted by molar-refractivity contribution is 5.22. The molecule has 0 saturated heterocycles. The summed E-state index contributed by atoms with van der Waals surface area (Å²) < 4.78 is 5.31. The third-order valence-corrected chi connectivity index (χ3v) is 4.59. The molecule has 0 amide bonds. The molecule has 2 rings (SSSR count). The zero-order valence-corrected chi connectivity index (χ0v) is 12.7. The largest absolute Gasteiger partial charge is 0.480 e. The van der Waals surface area contributed by atoms with Crippen molar-refractivity contribution >= 4 is 0 Å². The number of nitrogens with zero attached hydrogens (tertiary/aromatic N) is 2. The SMILES string of the molecule is COc1nccnc1C(NN)C1CCC(C(C)C)CC1. The van der Waals surface area contributed by atoms with Gasteiger partial charge in [0.15, 0.2) is 0 Å². The van der Waals surface area contributed by atoms with Crippen molar-refractivity contribution in [1.29, 1.82) is 0 Å². The second-order valence-corrected chi connectivity index (χ2v) is 6.01. The summed E-state index contributed by atoms with van der Waals surface area (Å²) in [5.41, 5.74) is 3.75. The van der Waals surface area contributed by atoms with E-state index in [9.17, 15) is 0 Å². The fourth-order valence-electron chi connectivity index (χ4n) is 3.29. The van der Waals surface area contributed by atoms with Crippen molar-refractivity contribution in [3.05, 3.63) is 18.1 Å². The molecule has 0 radical (unpaired) electrons. The van der Waals surface area contributed by atoms with Crippen LogP contribution in [0.25, 0.3) is 0 Å². The van der Waals surface area contributed by atoms with Gasteiger partial charge in [0.1, 0.15) is 5.69 Å². The minimum Gasteiger partial charge on any atom is -0.480 e. The van der Waals surface area contributed by atoms with Gasteiger partial charge >= 0.3 is 0 Å². The van der Waals surface area contributed by atoms with Crippen LogP contribution in [0.1, 0.15) is 51.3 Å². The van der Waals surface area contributed by atoms with Crippen LogP contribution >= 0.6 is 0 Å². The Morgan fingerprint density at radius 2 is 1.75 bits per heavy atom. The minimum atomic E-state index is 0.0202. The van der Waals surface area contributed by atoms with Crippen LogP contribution in [-0.4, -0.2) is 17.1 Å². The summed E-state index contributed by atoms with van der Waals surface area (Å²) in [6, 6.07) is 0.0202. The third kappa shape index (κ3) is 3.27. The van der Waals surface area contributed by atoms with Crippen molar-refractivity contribution in [2.75, 3.05) is 7.11 Å². The number of nitrogens with one attached hydrogen (secondary N) is 1. The molecule has 5 heteroatoms. The van der Waals surface area contributed by atoms with Gasteiger partial charge in [-0.15, -0.1) is 0 Å². The van der Waals surface area contributed by atoms with Gasteiger partial charge in [0.2, 0.25) is 5.88 Å². The molecule has 20 heavy (non-hydrogen) atoms. The summed E-state index contributed by atoms with van der Waals surface area (Å²) in [7, 11) is 1.62. The first-order valence-electron chi connectivity index (χ1n) is 7.48. The van der Waals surface area contributed by atoms with Crippen molar-refractivity contribution in [3.63, 3.8) is 0 Å². The molecule has 1 heterocycles. The number of hydrogen-bond acceptors (Lipinski definition) is 5. The number of hydrazine groups is 1. The quantitative estimate of drug-likeness (QED) is 0.639. The van der Waals surface area contributed by atoms with E-state index in [1.165, 1.54) is 25.7 Å². The summed E-state index contributed by atoms with van der Waals surface area (Å²) >= 11 is 0. The molecule has 1 aromatic rings. The normalized spacial score (nSPS) is 24.6. The zero-order valence-electron chi connectivity index (χ0n) is 12.7. The van der Waals surface area contributed by atoms with Gasteiger partial charge in [0, 0.05) is 12.4 Å². The Bertz CT molecular complexity index is 416. The first-order chi connectivity index (χ1) is 9.67. The summed E-state index contributed by atoms with van der Waals surface area (Å²) in [5, 5.41) is 0. The van der Waals surface area contributed by atoms with E-state index in [0.29, 0.717) is 11.8 Å². The highest BCUT2D eigenvalue weighted by Crippen LogP contribution is 2.39. The molecular formula is C15H26N4O. The lowest BCUT2D eigenvalue weighted by atomic mass is 9.74. The zero-order chi connectivity index (χ0) is 14.5. The minimum absolute atomic E-state index is 0.0202. The Labute approximate surface area is 121 Å². The van der Waals surface area contributed by atoms with Gasteiger partial charge in [0.05, 0.1) is 13.2 Å². The number of aromatic nitrogens is 2. The lowest BCUT2D eigenvalue weighted by molar-refractivity contribution is 0.185. The number of nitrogens with two attached hydrogens (primary N) is 1. The van der Waals surface area contributed by atoms with Crippen LogP contribution in [0.15, 0.2) is 12.4 Å². The van der Waals surface area contributed by atoms with E-state index in [-0.39, 0.29) is 6.04 Å². The lowest BCUT2D eigenvalue weighted by Crippen LogP contribution is -2.36. The predicted octanol–water partition coefficient (Wildman–Crippen LogP) is 2.45. The van der Waals surface area contributed by atoms with Crippen molar-refractivity contribution in [1.82, 2.24) is 15.4 Å². The molecule has 0 spiro atoms. The van der Waals surface area contributed by atoms with E-state index in [2.05, 4.69) is 29.2 Å². The fraction of sp³-hybridized carbons (Fsp3) is 0.733. The number of methoxy groups -OCH3 is 1. The molecule has 1 unspecified atom stereocenters. The molecule has 3 N–H and O–H groups in total. The van der Waals surface area contributed by atoms with Crippen LogP contribution in [0.3, 0.4) is 0 Å². The van der Waals surface area contributed by atoms with Crippen molar-refractivity contribution in [3.8, 4) is 5.88 Å². The Hall–Kier alpha value is -1.20. The van der Waals surface area contributed by atoms with Gasteiger partial charge < -0.3 is 4.74 Å². The third-order valence-electron chi connectivity index (χ3n) is 4.59. The average Bonchev–Trinajstić information content (AvgIpc) is 2.49. The van der Waals surface area contributed by atoms with Gasteiger partial charge in [-0.25, -0.2) is 4.98 Å². The highest BCUT2D eigenvalue weighted by atomic mass is 16.5. The standard InChI is InChI=1S/C15H26N4O/c1-10(2)11-4-6-12(7-5-11)13(19-16)14-15(20-3)18-9-8-17-14/h8-13,19H,4-7,16H2,1-3H3. The van der Waals surface area contributed by atoms with Crippen molar-refractivity contribution in [2.45, 2.75) is 45.6 Å². The summed E-state index contributed by atoms with van der Waals surface area (Å²) in [6.07, 6.45) is 8.23. The molecule has 1 saturated carbocycles. The molecule has 1 fully saturated rings. The molecule has 0 aliphatic heterocycles. The Morgan fingerprint density at radius 1 is 1.15 bits per heavy atom. The molecule has 1 aliphatic rings. The summed E-state index contributed by atoms with van der Waals surface area (Å²) in [5.74, 6) is 8.46. The van der Waals surface area contributed by atoms with Gasteiger partial charge in [-0.3, -0.25) is 16.3 Å². The van der Waals surface area contributed by atoms with E-state index in [4.69, 9.17) is 10.6 Å². The van der Waals surface area contributed by atoms with Gasteiger partial charge in [0.25, 0.3) is 0 Å². The Balaban J connectivity index is 2.09. The summed E-state index contributed by atoms with van der Waals surface area (Å²) in [6.45, 7) is 4.63. The van der Waals surface area contributed by atoms with Gasteiger partial charge in [-0.05, 0) is 43.4 Å². The fourth-order valence-corrected chi connectivity index (χ4v) is 3.29. The molecular weight excluding hydrogens is 252 g/mol. The van der Waals surface area contributed by atoms with E-state index in [1.807, 2.05) is 0 Å². The molecule has 1 aliphatic carbocycles. The smallest absolute Gasteiger partial charge is 0.237 e. The van der Waals surface area contributed by atoms with Crippen LogP contribution in [-0.2, 0) is 0 Å². The van der Waals surface area contributed by atoms with Gasteiger partial charge in [-0.1, -0.05) is 13.8 Å². The topological polar surface area (TPSA) is 73.1 Å². The number of ether oxygens (including phenoxy) is 1. The average molecular weight is 278 g/mol. The van der Waals surface area contributed by atoms with Crippen molar-refractivity contribution in [2.24, 2.45) is 23.6 Å². The second kappa shape index (κ2) is 6.99. The maximum absolute atomic E-state index is 5.78. The van der Waals surface area contributed by atoms with E-state index in [1.54, 1.807) is 19.5 Å². The molecule has 1 aromatic heterocycles. The molecule has 0 bridgehead atoms. The maximum atomic E-state index is 5.78. The van der Waals surface area contributed by atoms with Crippen LogP contribution in [0.2, 0.25) is 0 Å². The van der Waals surface area contributed by atoms with E-state index < -0.39 is 0 Å². The van der Waals surface area contributed by atoms with Crippen LogP contribution in [0.4, 0.5) is 0 Å². The molecule has 5 nitrogen and oxygen atoms in total. The summed E-state index contributed by atoms with van der Waals surface area (Å²) in [4.78, 5) is 8.64. The highest BCUT2D eigenvalue weighted by Gasteiger charge is 2.31. The van der Waals surface area contributed by atoms with Crippen LogP contribution < -0.4 is 16.0 Å². The van der Waals surface area contributed by atoms with Crippen LogP contribution in [0, 0.1) is 17.8 Å². The second-order valence-electron chi connectivity index (χ2n) is 6.01. The monoisotopic (exact) mass is 278 g/mol. The van der Waals surface area contributed by atoms with E-state index in [0.717, 1.165) is 17.5 Å². The maximum Gasteiger partial charge on any atom is 0.237 e. The lowest BCUT2D eigenvalue weighted by Gasteiger charge is -2.35. The molecule has 0 aromatic carbocycles.